The van der Waals surface area contributed by atoms with Gasteiger partial charge in [0.2, 0.25) is 6.29 Å². The fourth-order valence-corrected chi connectivity index (χ4v) is 20.3. The van der Waals surface area contributed by atoms with Crippen molar-refractivity contribution in [3.05, 3.63) is 11.6 Å². The number of fused-ring (bicyclic) bond motifs is 7. The lowest BCUT2D eigenvalue weighted by molar-refractivity contribution is -0.400. The second-order valence-electron chi connectivity index (χ2n) is 33.5. The lowest BCUT2D eigenvalue weighted by atomic mass is 9.33. The Labute approximate surface area is 611 Å². The lowest BCUT2D eigenvalue weighted by Crippen LogP contribution is -2.69. The Morgan fingerprint density at radius 3 is 1.56 bits per heavy atom. The molecule has 11 fully saturated rings. The molecule has 0 radical (unpaired) electrons. The summed E-state index contributed by atoms with van der Waals surface area (Å²) in [5.74, 6) is -2.24. The Hall–Kier alpha value is -2.44. The zero-order chi connectivity index (χ0) is 77.3. The SMILES string of the molecule is C[C@@H]1O[C@@H](O[C@H]2[C@H](OC(=O)[C@]34CCC(C)(C)C[C@H]3C3=CC[C@@H]5[C@@]6(C)CC[C@H](O[C@@H]7O[C@H](CO)[C@@H](O)[C@H](O[C@@H]8O[C@H](CO)[C@H](O)[C@H](O)[C@H]8O)[C@H]7O)[C@@](C)(C=O)C6CC[C@@]5(C)[C@]3(C)C[C@H]4O)OC[C@H](O)[C@@H]2O[C@@H]2O[C@H](C)[C@H](O)[C@H](O)[C@H]2O)[C@H](O)[C@H](O[C@@H]2O[C@H](CO)[C@@H](O)[C@H](O)[C@H]2O)[C@H]1O[C@@H]1OC[C@@H](O)[C@H](O)[C@H]1O. The van der Waals surface area contributed by atoms with Crippen molar-refractivity contribution < 1.29 is 178 Å². The van der Waals surface area contributed by atoms with Crippen molar-refractivity contribution in [1.82, 2.24) is 0 Å². The maximum Gasteiger partial charge on any atom is 0.317 e. The van der Waals surface area contributed by atoms with Crippen LogP contribution in [0, 0.1) is 50.2 Å². The van der Waals surface area contributed by atoms with Gasteiger partial charge in [-0.2, -0.15) is 0 Å². The van der Waals surface area contributed by atoms with E-state index >= 15 is 4.79 Å². The maximum atomic E-state index is 16.2. The van der Waals surface area contributed by atoms with Crippen molar-refractivity contribution in [2.24, 2.45) is 50.2 Å². The standard InChI is InChI=1S/C70H112O36/c1-25-38(78)43(83)47(87)58(95-25)102-53-30(76)23-94-63(56(53)105-61-51(91)55(104-60-49(89)45(85)41(81)32(20-72)98-60)52(26(2)96-61)101-57-46(86)39(79)29(75)22-93-57)106-64(92)70-16-15-65(3,4)17-28(70)27-9-10-35-66(5)13-12-37(67(6,24-74)34(66)11-14-68(35,7)69(27,8)18-36(70)77)100-62-50(90)54(42(82)33(21-73)99-62)103-59-48(88)44(84)40(80)31(19-71)97-59/h9,24-26,28-63,71-73,75-91H,10-23H2,1-8H3/t25-,26+,28+,29-,30+,31-,32-,33-,34?,35-,36-,37+,38+,39+,40+,41-,42-,43+,44+,45+,46-,47-,48-,49-,50-,51-,52+,53+,54+,55+,56-,57+,58+,59+,60+,61+,62+,63+,66+,67+,68-,69-,70-/m1/s1. The topological polar surface area (TPSA) is 568 Å². The molecule has 608 valence electrons. The molecular formula is C70H112O36. The van der Waals surface area contributed by atoms with E-state index in [1.807, 2.05) is 0 Å². The van der Waals surface area contributed by atoms with Crippen LogP contribution in [0.5, 0.6) is 0 Å². The van der Waals surface area contributed by atoms with Crippen molar-refractivity contribution in [2.75, 3.05) is 33.0 Å². The number of carbonyl (C=O) groups excluding carboxylic acids is 2. The van der Waals surface area contributed by atoms with Crippen molar-refractivity contribution >= 4 is 12.3 Å². The number of hydrogen-bond donors (Lipinski definition) is 20. The molecule has 43 atom stereocenters. The van der Waals surface area contributed by atoms with Gasteiger partial charge in [-0.1, -0.05) is 53.2 Å². The second kappa shape index (κ2) is 31.4. The first-order valence-electron chi connectivity index (χ1n) is 37.0. The van der Waals surface area contributed by atoms with Crippen molar-refractivity contribution in [3.63, 3.8) is 0 Å². The van der Waals surface area contributed by atoms with Crippen LogP contribution in [0.1, 0.15) is 113 Å². The second-order valence-corrected chi connectivity index (χ2v) is 33.5. The van der Waals surface area contributed by atoms with E-state index in [-0.39, 0.29) is 31.1 Å². The highest BCUT2D eigenvalue weighted by atomic mass is 16.8. The van der Waals surface area contributed by atoms with Gasteiger partial charge < -0.3 is 173 Å². The predicted molar refractivity (Wildman–Crippen MR) is 348 cm³/mol. The van der Waals surface area contributed by atoms with Gasteiger partial charge in [0.25, 0.3) is 0 Å². The number of hydrogen-bond acceptors (Lipinski definition) is 36. The molecule has 12 rings (SSSR count). The Bertz CT molecular complexity index is 3040. The van der Waals surface area contributed by atoms with Crippen LogP contribution in [-0.4, -0.2) is 362 Å². The molecule has 0 spiro atoms. The molecular weight excluding hydrogens is 1420 g/mol. The van der Waals surface area contributed by atoms with Crippen molar-refractivity contribution in [3.8, 4) is 0 Å². The van der Waals surface area contributed by atoms with Gasteiger partial charge in [-0.3, -0.25) is 4.79 Å². The molecule has 1 unspecified atom stereocenters. The smallest absolute Gasteiger partial charge is 0.317 e. The molecule has 4 saturated carbocycles. The van der Waals surface area contributed by atoms with Crippen LogP contribution >= 0.6 is 0 Å². The third-order valence-corrected chi connectivity index (χ3v) is 26.9. The van der Waals surface area contributed by atoms with Crippen LogP contribution < -0.4 is 0 Å². The van der Waals surface area contributed by atoms with E-state index in [0.29, 0.717) is 38.5 Å². The minimum absolute atomic E-state index is 0.0249. The van der Waals surface area contributed by atoms with Crippen LogP contribution in [0.2, 0.25) is 0 Å². The molecule has 0 amide bonds. The largest absolute Gasteiger partial charge is 0.432 e. The summed E-state index contributed by atoms with van der Waals surface area (Å²) in [6, 6.07) is 0. The number of rotatable bonds is 18. The van der Waals surface area contributed by atoms with Crippen LogP contribution in [0.3, 0.4) is 0 Å². The van der Waals surface area contributed by atoms with Gasteiger partial charge in [0.15, 0.2) is 43.8 Å². The predicted octanol–water partition coefficient (Wildman–Crippen LogP) is -7.08. The van der Waals surface area contributed by atoms with E-state index in [9.17, 15) is 107 Å². The summed E-state index contributed by atoms with van der Waals surface area (Å²) in [4.78, 5) is 30.2. The molecule has 12 aliphatic rings. The number of allylic oxidation sites excluding steroid dienone is 2. The zero-order valence-corrected chi connectivity index (χ0v) is 60.5. The quantitative estimate of drug-likeness (QED) is 0.0262. The van der Waals surface area contributed by atoms with Crippen molar-refractivity contribution in [2.45, 2.75) is 328 Å². The molecule has 5 aliphatic carbocycles. The first-order chi connectivity index (χ1) is 49.8. The van der Waals surface area contributed by atoms with Gasteiger partial charge in [-0.25, -0.2) is 0 Å². The zero-order valence-electron chi connectivity index (χ0n) is 60.5. The Kier molecular flexibility index (Phi) is 24.6. The molecule has 7 saturated heterocycles. The molecule has 106 heavy (non-hydrogen) atoms. The number of esters is 1. The molecule has 7 aliphatic heterocycles. The van der Waals surface area contributed by atoms with Crippen LogP contribution in [0.25, 0.3) is 0 Å². The average molecular weight is 1530 g/mol. The van der Waals surface area contributed by atoms with Gasteiger partial charge in [0.1, 0.15) is 152 Å². The number of ether oxygens (including phenoxy) is 14. The third kappa shape index (κ3) is 14.1. The summed E-state index contributed by atoms with van der Waals surface area (Å²) in [7, 11) is 0. The fourth-order valence-electron chi connectivity index (χ4n) is 20.3. The minimum atomic E-state index is -2.21. The Morgan fingerprint density at radius 1 is 0.462 bits per heavy atom. The minimum Gasteiger partial charge on any atom is -0.432 e. The molecule has 7 heterocycles. The number of carbonyl (C=O) groups is 2. The summed E-state index contributed by atoms with van der Waals surface area (Å²) in [6.07, 6.45) is -55.4. The molecule has 36 heteroatoms. The highest BCUT2D eigenvalue weighted by Gasteiger charge is 2.73. The highest BCUT2D eigenvalue weighted by Crippen LogP contribution is 2.76. The van der Waals surface area contributed by atoms with E-state index in [0.717, 1.165) is 11.9 Å². The average Bonchev–Trinajstić information content (AvgIpc) is 0.669. The Balaban J connectivity index is 0.831. The Morgan fingerprint density at radius 2 is 0.953 bits per heavy atom. The summed E-state index contributed by atoms with van der Waals surface area (Å²) >= 11 is 0. The highest BCUT2D eigenvalue weighted by molar-refractivity contribution is 5.80. The van der Waals surface area contributed by atoms with Crippen molar-refractivity contribution in [1.29, 1.82) is 0 Å². The first-order valence-corrected chi connectivity index (χ1v) is 37.0. The summed E-state index contributed by atoms with van der Waals surface area (Å²) < 4.78 is 85.2. The molecule has 20 N–H and O–H groups in total. The summed E-state index contributed by atoms with van der Waals surface area (Å²) in [5.41, 5.74) is -4.65. The molecule has 0 aromatic rings. The molecule has 0 aromatic carbocycles. The monoisotopic (exact) mass is 1530 g/mol. The van der Waals surface area contributed by atoms with Gasteiger partial charge in [0, 0.05) is 0 Å². The van der Waals surface area contributed by atoms with Gasteiger partial charge in [-0.05, 0) is 111 Å². The summed E-state index contributed by atoms with van der Waals surface area (Å²) in [6.45, 7) is 11.4. The number of aliphatic hydroxyl groups excluding tert-OH is 20. The normalized spacial score (nSPS) is 55.4. The van der Waals surface area contributed by atoms with Crippen LogP contribution in [-0.2, 0) is 75.9 Å². The van der Waals surface area contributed by atoms with E-state index in [2.05, 4.69) is 40.7 Å². The summed E-state index contributed by atoms with van der Waals surface area (Å²) in [5, 5.41) is 221. The van der Waals surface area contributed by atoms with Crippen LogP contribution in [0.4, 0.5) is 0 Å². The van der Waals surface area contributed by atoms with E-state index in [4.69, 9.17) is 66.3 Å². The van der Waals surface area contributed by atoms with Crippen LogP contribution in [0.15, 0.2) is 11.6 Å². The third-order valence-electron chi connectivity index (χ3n) is 26.9. The van der Waals surface area contributed by atoms with Gasteiger partial charge in [-0.15, -0.1) is 0 Å². The van der Waals surface area contributed by atoms with Gasteiger partial charge >= 0.3 is 5.97 Å². The van der Waals surface area contributed by atoms with Gasteiger partial charge in [0.05, 0.1) is 62.9 Å². The lowest BCUT2D eigenvalue weighted by Gasteiger charge is -2.71. The van der Waals surface area contributed by atoms with E-state index in [1.165, 1.54) is 13.8 Å². The molecule has 0 aromatic heterocycles. The van der Waals surface area contributed by atoms with E-state index < -0.39 is 292 Å². The number of aliphatic hydroxyl groups is 20. The maximum absolute atomic E-state index is 16.2. The first kappa shape index (κ1) is 83.0. The van der Waals surface area contributed by atoms with E-state index in [1.54, 1.807) is 6.92 Å². The fraction of sp³-hybridized carbons (Fsp3) is 0.943. The molecule has 36 nitrogen and oxygen atoms in total. The molecule has 0 bridgehead atoms. The number of aldehydes is 1.